The summed E-state index contributed by atoms with van der Waals surface area (Å²) in [5, 5.41) is 16.6. The quantitative estimate of drug-likeness (QED) is 0.512. The Morgan fingerprint density at radius 2 is 1.94 bits per heavy atom. The van der Waals surface area contributed by atoms with E-state index in [0.717, 1.165) is 24.9 Å². The van der Waals surface area contributed by atoms with E-state index in [1.54, 1.807) is 48.7 Å². The molecule has 10 heteroatoms. The molecule has 1 fully saturated rings. The highest BCUT2D eigenvalue weighted by Gasteiger charge is 2.27. The molecule has 1 unspecified atom stereocenters. The Hall–Kier alpha value is -3.56. The van der Waals surface area contributed by atoms with Crippen LogP contribution in [-0.4, -0.2) is 61.5 Å². The van der Waals surface area contributed by atoms with E-state index in [1.165, 1.54) is 10.7 Å². The highest BCUT2D eigenvalue weighted by molar-refractivity contribution is 6.64. The Labute approximate surface area is 195 Å². The number of hydrogen-bond donors (Lipinski definition) is 2. The minimum absolute atomic E-state index is 0.0848. The maximum atomic E-state index is 12.3. The lowest BCUT2D eigenvalue weighted by atomic mass is 10.1. The van der Waals surface area contributed by atoms with Crippen molar-refractivity contribution in [2.24, 2.45) is 0 Å². The van der Waals surface area contributed by atoms with Gasteiger partial charge in [0.25, 0.3) is 5.91 Å². The smallest absolute Gasteiger partial charge is 0.354 e. The van der Waals surface area contributed by atoms with Crippen molar-refractivity contribution in [1.29, 1.82) is 0 Å². The number of hydrogen-bond acceptors (Lipinski definition) is 6. The fourth-order valence-corrected chi connectivity index (χ4v) is 4.11. The SMILES string of the molecule is O=C(Cl)CN1CCCC(n2nc(-c3ccc(NC(=O)c4ccccn4)cc3)cc2C(=O)O)C1. The van der Waals surface area contributed by atoms with Crippen LogP contribution in [0.2, 0.25) is 0 Å². The van der Waals surface area contributed by atoms with Crippen molar-refractivity contribution in [2.45, 2.75) is 18.9 Å². The predicted molar refractivity (Wildman–Crippen MR) is 122 cm³/mol. The number of piperidine rings is 1. The fourth-order valence-electron chi connectivity index (χ4n) is 3.94. The third-order valence-electron chi connectivity index (χ3n) is 5.47. The van der Waals surface area contributed by atoms with Gasteiger partial charge in [-0.15, -0.1) is 0 Å². The molecule has 3 aromatic rings. The molecular weight excluding hydrogens is 446 g/mol. The van der Waals surface area contributed by atoms with Crippen molar-refractivity contribution in [1.82, 2.24) is 19.7 Å². The molecule has 4 rings (SSSR count). The van der Waals surface area contributed by atoms with Gasteiger partial charge in [-0.25, -0.2) is 4.79 Å². The monoisotopic (exact) mass is 467 g/mol. The number of nitrogens with one attached hydrogen (secondary N) is 1. The largest absolute Gasteiger partial charge is 0.477 e. The molecule has 0 aliphatic carbocycles. The van der Waals surface area contributed by atoms with Crippen molar-refractivity contribution in [3.63, 3.8) is 0 Å². The number of pyridine rings is 1. The zero-order valence-corrected chi connectivity index (χ0v) is 18.4. The van der Waals surface area contributed by atoms with Crippen LogP contribution < -0.4 is 5.32 Å². The highest BCUT2D eigenvalue weighted by atomic mass is 35.5. The summed E-state index contributed by atoms with van der Waals surface area (Å²) >= 11 is 5.52. The molecule has 0 bridgehead atoms. The Balaban J connectivity index is 1.53. The molecule has 1 aliphatic heterocycles. The lowest BCUT2D eigenvalue weighted by Crippen LogP contribution is -2.39. The van der Waals surface area contributed by atoms with Crippen LogP contribution in [0.15, 0.2) is 54.7 Å². The van der Waals surface area contributed by atoms with Gasteiger partial charge in [0, 0.05) is 24.0 Å². The minimum Gasteiger partial charge on any atom is -0.477 e. The number of likely N-dealkylation sites (tertiary alicyclic amines) is 1. The molecular formula is C23H22ClN5O4. The predicted octanol–water partition coefficient (Wildman–Crippen LogP) is 3.30. The number of carbonyl (C=O) groups is 3. The lowest BCUT2D eigenvalue weighted by Gasteiger charge is -2.32. The van der Waals surface area contributed by atoms with E-state index in [4.69, 9.17) is 11.6 Å². The zero-order valence-electron chi connectivity index (χ0n) is 17.6. The number of aromatic carboxylic acids is 1. The number of benzene rings is 1. The first-order valence-electron chi connectivity index (χ1n) is 10.5. The molecule has 0 radical (unpaired) electrons. The summed E-state index contributed by atoms with van der Waals surface area (Å²) in [4.78, 5) is 41.4. The molecule has 2 aromatic heterocycles. The van der Waals surface area contributed by atoms with Crippen LogP contribution >= 0.6 is 11.6 Å². The van der Waals surface area contributed by atoms with Gasteiger partial charge in [0.15, 0.2) is 0 Å². The highest BCUT2D eigenvalue weighted by Crippen LogP contribution is 2.27. The molecule has 1 amide bonds. The van der Waals surface area contributed by atoms with Crippen molar-refractivity contribution in [3.05, 3.63) is 66.1 Å². The number of anilines is 1. The number of carboxylic acid groups (broad SMARTS) is 1. The minimum atomic E-state index is -1.07. The Morgan fingerprint density at radius 1 is 1.15 bits per heavy atom. The second-order valence-corrected chi connectivity index (χ2v) is 8.22. The molecule has 1 atom stereocenters. The van der Waals surface area contributed by atoms with E-state index in [0.29, 0.717) is 23.6 Å². The summed E-state index contributed by atoms with van der Waals surface area (Å²) in [5.41, 5.74) is 2.21. The van der Waals surface area contributed by atoms with E-state index < -0.39 is 11.2 Å². The van der Waals surface area contributed by atoms with Gasteiger partial charge >= 0.3 is 5.97 Å². The van der Waals surface area contributed by atoms with Gasteiger partial charge in [-0.3, -0.25) is 24.2 Å². The van der Waals surface area contributed by atoms with Crippen LogP contribution in [0.5, 0.6) is 0 Å². The third kappa shape index (κ3) is 5.44. The summed E-state index contributed by atoms with van der Waals surface area (Å²) in [6, 6.07) is 13.4. The standard InChI is InChI=1S/C23H22ClN5O4/c24-21(30)14-28-11-3-4-17(13-28)29-20(23(32)33)12-19(27-29)15-6-8-16(9-7-15)26-22(31)18-5-1-2-10-25-18/h1-2,5-10,12,17H,3-4,11,13-14H2,(H,26,31)(H,32,33). The van der Waals surface area contributed by atoms with Crippen LogP contribution in [0, 0.1) is 0 Å². The third-order valence-corrected chi connectivity index (χ3v) is 5.58. The molecule has 0 spiro atoms. The fraction of sp³-hybridized carbons (Fsp3) is 0.261. The van der Waals surface area contributed by atoms with Gasteiger partial charge in [-0.05, 0) is 61.3 Å². The van der Waals surface area contributed by atoms with Gasteiger partial charge in [0.2, 0.25) is 5.24 Å². The van der Waals surface area contributed by atoms with E-state index >= 15 is 0 Å². The van der Waals surface area contributed by atoms with Crippen molar-refractivity contribution in [2.75, 3.05) is 25.0 Å². The molecule has 1 aromatic carbocycles. The molecule has 1 saturated heterocycles. The Bertz CT molecular complexity index is 1160. The van der Waals surface area contributed by atoms with Gasteiger partial charge in [-0.1, -0.05) is 18.2 Å². The Morgan fingerprint density at radius 3 is 2.61 bits per heavy atom. The van der Waals surface area contributed by atoms with Crippen LogP contribution in [0.4, 0.5) is 5.69 Å². The average Bonchev–Trinajstić information content (AvgIpc) is 3.26. The van der Waals surface area contributed by atoms with Crippen LogP contribution in [0.1, 0.15) is 39.9 Å². The molecule has 1 aliphatic rings. The van der Waals surface area contributed by atoms with Crippen LogP contribution in [-0.2, 0) is 4.79 Å². The molecule has 170 valence electrons. The number of halogens is 1. The average molecular weight is 468 g/mol. The van der Waals surface area contributed by atoms with Crippen molar-refractivity contribution in [3.8, 4) is 11.3 Å². The lowest BCUT2D eigenvalue weighted by molar-refractivity contribution is -0.113. The van der Waals surface area contributed by atoms with Gasteiger partial charge in [-0.2, -0.15) is 5.10 Å². The van der Waals surface area contributed by atoms with E-state index in [1.807, 2.05) is 4.90 Å². The van der Waals surface area contributed by atoms with Gasteiger partial charge < -0.3 is 10.4 Å². The maximum absolute atomic E-state index is 12.3. The molecule has 9 nitrogen and oxygen atoms in total. The first-order chi connectivity index (χ1) is 15.9. The maximum Gasteiger partial charge on any atom is 0.354 e. The summed E-state index contributed by atoms with van der Waals surface area (Å²) in [5.74, 6) is -1.39. The first-order valence-corrected chi connectivity index (χ1v) is 10.8. The Kier molecular flexibility index (Phi) is 6.81. The number of carboxylic acids is 1. The van der Waals surface area contributed by atoms with Crippen molar-refractivity contribution < 1.29 is 19.5 Å². The number of aromatic nitrogens is 3. The van der Waals surface area contributed by atoms with Gasteiger partial charge in [0.1, 0.15) is 11.4 Å². The molecule has 2 N–H and O–H groups in total. The van der Waals surface area contributed by atoms with Crippen molar-refractivity contribution >= 4 is 34.4 Å². The topological polar surface area (TPSA) is 117 Å². The molecule has 33 heavy (non-hydrogen) atoms. The summed E-state index contributed by atoms with van der Waals surface area (Å²) in [6.45, 7) is 1.36. The van der Waals surface area contributed by atoms with Crippen LogP contribution in [0.3, 0.4) is 0 Å². The number of rotatable bonds is 7. The van der Waals surface area contributed by atoms with Gasteiger partial charge in [0.05, 0.1) is 18.3 Å². The van der Waals surface area contributed by atoms with E-state index in [-0.39, 0.29) is 24.2 Å². The number of carbonyl (C=O) groups excluding carboxylic acids is 2. The summed E-state index contributed by atoms with van der Waals surface area (Å²) < 4.78 is 1.53. The zero-order chi connectivity index (χ0) is 23.4. The summed E-state index contributed by atoms with van der Waals surface area (Å²) in [6.07, 6.45) is 3.12. The van der Waals surface area contributed by atoms with E-state index in [9.17, 15) is 19.5 Å². The number of amides is 1. The molecule has 0 saturated carbocycles. The van der Waals surface area contributed by atoms with E-state index in [2.05, 4.69) is 15.4 Å². The first kappa shape index (κ1) is 22.6. The normalized spacial score (nSPS) is 16.3. The second kappa shape index (κ2) is 9.93. The van der Waals surface area contributed by atoms with Crippen LogP contribution in [0.25, 0.3) is 11.3 Å². The second-order valence-electron chi connectivity index (χ2n) is 7.80. The summed E-state index contributed by atoms with van der Waals surface area (Å²) in [7, 11) is 0. The molecule has 3 heterocycles. The number of nitrogens with zero attached hydrogens (tertiary/aromatic N) is 4.